The van der Waals surface area contributed by atoms with Gasteiger partial charge in [0.05, 0.1) is 18.6 Å². The predicted octanol–water partition coefficient (Wildman–Crippen LogP) is 6.73. The molecule has 3 aliphatic rings. The monoisotopic (exact) mass is 414 g/mol. The Balaban J connectivity index is 1.26. The van der Waals surface area contributed by atoms with Gasteiger partial charge in [-0.2, -0.15) is 8.78 Å². The van der Waals surface area contributed by atoms with Gasteiger partial charge in [-0.15, -0.1) is 0 Å². The van der Waals surface area contributed by atoms with Crippen molar-refractivity contribution in [2.75, 3.05) is 6.61 Å². The summed E-state index contributed by atoms with van der Waals surface area (Å²) in [5.41, 5.74) is 0. The van der Waals surface area contributed by atoms with Gasteiger partial charge in [0.2, 0.25) is 0 Å². The van der Waals surface area contributed by atoms with E-state index < -0.39 is 23.7 Å². The molecule has 0 amide bonds. The fourth-order valence-electron chi connectivity index (χ4n) is 5.57. The molecule has 0 N–H and O–H groups in total. The highest BCUT2D eigenvalue weighted by Crippen LogP contribution is 2.44. The predicted molar refractivity (Wildman–Crippen MR) is 102 cm³/mol. The molecule has 1 saturated heterocycles. The molecule has 1 aliphatic heterocycles. The molecule has 0 bridgehead atoms. The molecule has 1 aromatic carbocycles. The first-order valence-corrected chi connectivity index (χ1v) is 11.1. The third-order valence-electron chi connectivity index (χ3n) is 7.33. The molecule has 6 heteroatoms. The zero-order chi connectivity index (χ0) is 20.4. The normalized spacial score (nSPS) is 31.7. The van der Waals surface area contributed by atoms with Crippen LogP contribution in [0.3, 0.4) is 0 Å². The van der Waals surface area contributed by atoms with Crippen molar-refractivity contribution in [2.45, 2.75) is 76.4 Å². The molecule has 4 rings (SSSR count). The van der Waals surface area contributed by atoms with E-state index >= 15 is 0 Å². The van der Waals surface area contributed by atoms with Gasteiger partial charge >= 0.3 is 6.11 Å². The van der Waals surface area contributed by atoms with Crippen LogP contribution in [0.5, 0.6) is 5.75 Å². The SMILES string of the molecule is Fc1ccc(OC(F)(F)C2CCC(C3CCC(C4CCCC4)CO3)CC2)cc1F. The standard InChI is InChI=1S/C23H30F4O2/c24-20-11-10-19(13-21(20)25)29-23(26,27)18-8-5-16(6-9-18)22-12-7-17(14-28-22)15-3-1-2-4-15/h10-11,13,15-18,22H,1-9,12,14H2. The zero-order valence-electron chi connectivity index (χ0n) is 16.7. The number of hydrogen-bond donors (Lipinski definition) is 0. The van der Waals surface area contributed by atoms with Gasteiger partial charge in [-0.1, -0.05) is 25.7 Å². The summed E-state index contributed by atoms with van der Waals surface area (Å²) in [6.07, 6.45) is 6.48. The Labute approximate surface area is 170 Å². The van der Waals surface area contributed by atoms with Crippen molar-refractivity contribution in [2.24, 2.45) is 23.7 Å². The van der Waals surface area contributed by atoms with Crippen LogP contribution in [-0.2, 0) is 4.74 Å². The van der Waals surface area contributed by atoms with E-state index in [1.807, 2.05) is 0 Å². The average Bonchev–Trinajstić information content (AvgIpc) is 3.26. The van der Waals surface area contributed by atoms with Gasteiger partial charge in [-0.25, -0.2) is 8.78 Å². The van der Waals surface area contributed by atoms with Gasteiger partial charge < -0.3 is 9.47 Å². The fourth-order valence-corrected chi connectivity index (χ4v) is 5.57. The van der Waals surface area contributed by atoms with Gasteiger partial charge in [-0.3, -0.25) is 0 Å². The molecule has 29 heavy (non-hydrogen) atoms. The number of ether oxygens (including phenoxy) is 2. The molecule has 0 radical (unpaired) electrons. The van der Waals surface area contributed by atoms with Gasteiger partial charge in [0, 0.05) is 6.07 Å². The van der Waals surface area contributed by atoms with E-state index in [4.69, 9.17) is 9.47 Å². The molecular formula is C23H30F4O2. The number of rotatable bonds is 5. The molecule has 162 valence electrons. The second kappa shape index (κ2) is 8.83. The smallest absolute Gasteiger partial charge is 0.400 e. The lowest BCUT2D eigenvalue weighted by molar-refractivity contribution is -0.225. The lowest BCUT2D eigenvalue weighted by atomic mass is 9.75. The molecule has 3 fully saturated rings. The average molecular weight is 414 g/mol. The molecule has 2 unspecified atom stereocenters. The minimum Gasteiger partial charge on any atom is -0.432 e. The fraction of sp³-hybridized carbons (Fsp3) is 0.739. The van der Waals surface area contributed by atoms with Crippen LogP contribution in [0.4, 0.5) is 17.6 Å². The van der Waals surface area contributed by atoms with Crippen LogP contribution in [0.2, 0.25) is 0 Å². The number of alkyl halides is 2. The van der Waals surface area contributed by atoms with Crippen molar-refractivity contribution in [3.8, 4) is 5.75 Å². The van der Waals surface area contributed by atoms with Crippen molar-refractivity contribution in [3.05, 3.63) is 29.8 Å². The number of hydrogen-bond acceptors (Lipinski definition) is 2. The maximum atomic E-state index is 14.6. The number of halogens is 4. The Hall–Kier alpha value is -1.30. The van der Waals surface area contributed by atoms with Crippen LogP contribution >= 0.6 is 0 Å². The third kappa shape index (κ3) is 4.89. The van der Waals surface area contributed by atoms with E-state index in [2.05, 4.69) is 0 Å². The lowest BCUT2D eigenvalue weighted by Crippen LogP contribution is -2.40. The molecule has 0 spiro atoms. The van der Waals surface area contributed by atoms with E-state index in [1.54, 1.807) is 0 Å². The molecule has 2 saturated carbocycles. The van der Waals surface area contributed by atoms with Crippen LogP contribution < -0.4 is 4.74 Å². The first-order valence-electron chi connectivity index (χ1n) is 11.1. The summed E-state index contributed by atoms with van der Waals surface area (Å²) in [6, 6.07) is 2.51. The summed E-state index contributed by atoms with van der Waals surface area (Å²) in [5, 5.41) is 0. The second-order valence-corrected chi connectivity index (χ2v) is 9.11. The van der Waals surface area contributed by atoms with E-state index in [9.17, 15) is 17.6 Å². The van der Waals surface area contributed by atoms with Crippen molar-refractivity contribution < 1.29 is 27.0 Å². The van der Waals surface area contributed by atoms with Crippen LogP contribution in [-0.4, -0.2) is 18.8 Å². The van der Waals surface area contributed by atoms with Gasteiger partial charge in [-0.05, 0) is 68.4 Å². The topological polar surface area (TPSA) is 18.5 Å². The Bertz CT molecular complexity index is 673. The van der Waals surface area contributed by atoms with Gasteiger partial charge in [0.15, 0.2) is 11.6 Å². The zero-order valence-corrected chi connectivity index (χ0v) is 16.7. The van der Waals surface area contributed by atoms with Crippen molar-refractivity contribution >= 4 is 0 Å². The minimum absolute atomic E-state index is 0.189. The molecule has 1 aromatic rings. The van der Waals surface area contributed by atoms with E-state index in [-0.39, 0.29) is 11.9 Å². The van der Waals surface area contributed by atoms with Gasteiger partial charge in [0.25, 0.3) is 0 Å². The van der Waals surface area contributed by atoms with Crippen molar-refractivity contribution in [3.63, 3.8) is 0 Å². The van der Waals surface area contributed by atoms with E-state index in [0.717, 1.165) is 31.1 Å². The first-order chi connectivity index (χ1) is 13.9. The lowest BCUT2D eigenvalue weighted by Gasteiger charge is -2.40. The van der Waals surface area contributed by atoms with Crippen LogP contribution in [0.1, 0.15) is 64.2 Å². The quantitative estimate of drug-likeness (QED) is 0.498. The Morgan fingerprint density at radius 2 is 1.48 bits per heavy atom. The van der Waals surface area contributed by atoms with Gasteiger partial charge in [0.1, 0.15) is 5.75 Å². The minimum atomic E-state index is -3.39. The summed E-state index contributed by atoms with van der Waals surface area (Å²) in [6.45, 7) is 0.824. The van der Waals surface area contributed by atoms with Crippen molar-refractivity contribution in [1.82, 2.24) is 0 Å². The molecule has 0 aromatic heterocycles. The molecule has 1 heterocycles. The summed E-state index contributed by atoms with van der Waals surface area (Å²) < 4.78 is 66.3. The van der Waals surface area contributed by atoms with Crippen molar-refractivity contribution in [1.29, 1.82) is 0 Å². The van der Waals surface area contributed by atoms with E-state index in [1.165, 1.54) is 32.1 Å². The van der Waals surface area contributed by atoms with Crippen LogP contribution in [0.25, 0.3) is 0 Å². The highest BCUT2D eigenvalue weighted by Gasteiger charge is 2.45. The largest absolute Gasteiger partial charge is 0.432 e. The third-order valence-corrected chi connectivity index (χ3v) is 7.33. The molecule has 2 atom stereocenters. The molecule has 2 nitrogen and oxygen atoms in total. The second-order valence-electron chi connectivity index (χ2n) is 9.11. The highest BCUT2D eigenvalue weighted by molar-refractivity contribution is 5.24. The maximum absolute atomic E-state index is 14.6. The summed E-state index contributed by atoms with van der Waals surface area (Å²) in [7, 11) is 0. The highest BCUT2D eigenvalue weighted by atomic mass is 19.3. The first kappa shape index (κ1) is 21.0. The molecule has 2 aliphatic carbocycles. The number of benzene rings is 1. The summed E-state index contributed by atoms with van der Waals surface area (Å²) >= 11 is 0. The van der Waals surface area contributed by atoms with E-state index in [0.29, 0.717) is 43.6 Å². The Morgan fingerprint density at radius 3 is 2.10 bits per heavy atom. The summed E-state index contributed by atoms with van der Waals surface area (Å²) in [4.78, 5) is 0. The Kier molecular flexibility index (Phi) is 6.38. The maximum Gasteiger partial charge on any atom is 0.400 e. The summed E-state index contributed by atoms with van der Waals surface area (Å²) in [5.74, 6) is -1.70. The Morgan fingerprint density at radius 1 is 0.793 bits per heavy atom. The van der Waals surface area contributed by atoms with Crippen LogP contribution in [0, 0.1) is 35.3 Å². The molecular weight excluding hydrogens is 384 g/mol. The van der Waals surface area contributed by atoms with Crippen LogP contribution in [0.15, 0.2) is 18.2 Å².